The number of aromatic nitrogens is 2. The lowest BCUT2D eigenvalue weighted by Gasteiger charge is -2.20. The number of rotatable bonds is 8. The molecule has 182 valence electrons. The second kappa shape index (κ2) is 11.4. The van der Waals surface area contributed by atoms with Gasteiger partial charge in [-0.1, -0.05) is 30.3 Å². The summed E-state index contributed by atoms with van der Waals surface area (Å²) in [5.74, 6) is 1.09. The van der Waals surface area contributed by atoms with E-state index in [0.717, 1.165) is 30.1 Å². The average molecular weight is 498 g/mol. The zero-order chi connectivity index (χ0) is 25.5. The van der Waals surface area contributed by atoms with Crippen LogP contribution in [0.3, 0.4) is 0 Å². The van der Waals surface area contributed by atoms with Crippen molar-refractivity contribution < 1.29 is 9.84 Å². The predicted molar refractivity (Wildman–Crippen MR) is 148 cm³/mol. The number of anilines is 1. The van der Waals surface area contributed by atoms with Crippen LogP contribution in [-0.2, 0) is 0 Å². The summed E-state index contributed by atoms with van der Waals surface area (Å²) in [5, 5.41) is 10.9. The fourth-order valence-corrected chi connectivity index (χ4v) is 4.07. The standard InChI is InChI=1S/C29H27N3O3S/c1-3-31(4-2)22-15-13-21(14-16-22)9-8-12-26-27(33)30-29(36)32(28(26)34)23-17-19-25(20-18-23)35-24-10-6-5-7-11-24/h5-7,9-20,34H,3-4H2,1-2H3,(H,30,33,36). The molecule has 3 aromatic carbocycles. The van der Waals surface area contributed by atoms with Crippen LogP contribution in [0, 0.1) is 4.77 Å². The number of nitrogens with zero attached hydrogens (tertiary/aromatic N) is 2. The van der Waals surface area contributed by atoms with Gasteiger partial charge < -0.3 is 14.7 Å². The molecule has 1 heterocycles. The molecule has 0 bridgehead atoms. The molecule has 6 nitrogen and oxygen atoms in total. The first-order chi connectivity index (χ1) is 17.5. The number of benzene rings is 3. The summed E-state index contributed by atoms with van der Waals surface area (Å²) in [6.07, 6.45) is 3.21. The highest BCUT2D eigenvalue weighted by Crippen LogP contribution is 2.25. The first-order valence-electron chi connectivity index (χ1n) is 11.7. The molecule has 0 radical (unpaired) electrons. The predicted octanol–water partition coefficient (Wildman–Crippen LogP) is 6.56. The van der Waals surface area contributed by atoms with E-state index in [2.05, 4.69) is 41.6 Å². The maximum absolute atomic E-state index is 12.5. The van der Waals surface area contributed by atoms with Gasteiger partial charge in [0.15, 0.2) is 4.77 Å². The summed E-state index contributed by atoms with van der Waals surface area (Å²) in [4.78, 5) is 17.4. The third kappa shape index (κ3) is 5.66. The van der Waals surface area contributed by atoms with E-state index in [-0.39, 0.29) is 16.2 Å². The fourth-order valence-electron chi connectivity index (χ4n) is 3.79. The van der Waals surface area contributed by atoms with Crippen LogP contribution in [0.1, 0.15) is 25.0 Å². The van der Waals surface area contributed by atoms with Crippen LogP contribution in [0.15, 0.2) is 89.4 Å². The summed E-state index contributed by atoms with van der Waals surface area (Å²) in [5.41, 5.74) is 5.23. The molecule has 4 rings (SSSR count). The van der Waals surface area contributed by atoms with Gasteiger partial charge in [0.05, 0.1) is 5.69 Å². The van der Waals surface area contributed by atoms with Gasteiger partial charge in [-0.25, -0.2) is 0 Å². The fraction of sp³-hybridized carbons (Fsp3) is 0.138. The second-order valence-electron chi connectivity index (χ2n) is 7.96. The number of nitrogens with one attached hydrogen (secondary N) is 1. The zero-order valence-corrected chi connectivity index (χ0v) is 21.0. The van der Waals surface area contributed by atoms with E-state index < -0.39 is 5.56 Å². The highest BCUT2D eigenvalue weighted by molar-refractivity contribution is 7.71. The number of aromatic amines is 1. The molecule has 2 N–H and O–H groups in total. The summed E-state index contributed by atoms with van der Waals surface area (Å²) >= 11 is 5.32. The molecule has 7 heteroatoms. The molecule has 0 aliphatic rings. The van der Waals surface area contributed by atoms with Crippen molar-refractivity contribution >= 4 is 30.1 Å². The highest BCUT2D eigenvalue weighted by Gasteiger charge is 2.12. The summed E-state index contributed by atoms with van der Waals surface area (Å²) in [6, 6.07) is 24.6. The Morgan fingerprint density at radius 3 is 2.22 bits per heavy atom. The van der Waals surface area contributed by atoms with Gasteiger partial charge in [-0.15, -0.1) is 5.73 Å². The lowest BCUT2D eigenvalue weighted by Crippen LogP contribution is -2.21. The molecule has 0 fully saturated rings. The molecular formula is C29H27N3O3S. The average Bonchev–Trinajstić information content (AvgIpc) is 2.89. The molecule has 0 saturated carbocycles. The molecular weight excluding hydrogens is 470 g/mol. The molecule has 4 aromatic rings. The second-order valence-corrected chi connectivity index (χ2v) is 8.35. The van der Waals surface area contributed by atoms with Crippen molar-refractivity contribution in [3.63, 3.8) is 0 Å². The lowest BCUT2D eigenvalue weighted by atomic mass is 10.2. The smallest absolute Gasteiger partial charge is 0.263 e. The summed E-state index contributed by atoms with van der Waals surface area (Å²) in [6.45, 7) is 6.12. The largest absolute Gasteiger partial charge is 0.494 e. The normalized spacial score (nSPS) is 10.4. The number of ether oxygens (including phenoxy) is 1. The molecule has 0 aliphatic heterocycles. The van der Waals surface area contributed by atoms with Crippen LogP contribution in [0.2, 0.25) is 0 Å². The van der Waals surface area contributed by atoms with Crippen LogP contribution >= 0.6 is 12.2 Å². The maximum atomic E-state index is 12.5. The Morgan fingerprint density at radius 1 is 0.944 bits per heavy atom. The van der Waals surface area contributed by atoms with Crippen LogP contribution in [0.4, 0.5) is 5.69 Å². The van der Waals surface area contributed by atoms with Crippen LogP contribution in [0.5, 0.6) is 17.4 Å². The molecule has 0 amide bonds. The van der Waals surface area contributed by atoms with Crippen molar-refractivity contribution in [3.05, 3.63) is 111 Å². The Labute approximate surface area is 215 Å². The van der Waals surface area contributed by atoms with Gasteiger partial charge in [-0.2, -0.15) is 0 Å². The van der Waals surface area contributed by atoms with Crippen molar-refractivity contribution in [2.45, 2.75) is 13.8 Å². The SMILES string of the molecule is CCN(CC)c1ccc(C=C=Cc2c(O)n(-c3ccc(Oc4ccccc4)cc3)c(=S)[nH]c2=O)cc1. The molecule has 36 heavy (non-hydrogen) atoms. The Bertz CT molecular complexity index is 1500. The highest BCUT2D eigenvalue weighted by atomic mass is 32.1. The van der Waals surface area contributed by atoms with Crippen LogP contribution in [-0.4, -0.2) is 27.7 Å². The van der Waals surface area contributed by atoms with Gasteiger partial charge in [0.2, 0.25) is 5.88 Å². The Hall–Kier alpha value is -4.32. The molecule has 1 aromatic heterocycles. The van der Waals surface area contributed by atoms with Gasteiger partial charge >= 0.3 is 0 Å². The molecule has 0 spiro atoms. The van der Waals surface area contributed by atoms with E-state index in [1.165, 1.54) is 10.6 Å². The van der Waals surface area contributed by atoms with Crippen molar-refractivity contribution in [1.82, 2.24) is 9.55 Å². The van der Waals surface area contributed by atoms with E-state index in [4.69, 9.17) is 17.0 Å². The summed E-state index contributed by atoms with van der Waals surface area (Å²) < 4.78 is 7.31. The van der Waals surface area contributed by atoms with Gasteiger partial charge in [-0.3, -0.25) is 14.3 Å². The zero-order valence-electron chi connectivity index (χ0n) is 20.1. The Morgan fingerprint density at radius 2 is 1.58 bits per heavy atom. The first-order valence-corrected chi connectivity index (χ1v) is 12.1. The Balaban J connectivity index is 1.60. The number of aromatic hydroxyl groups is 1. The van der Waals surface area contributed by atoms with E-state index in [9.17, 15) is 9.90 Å². The van der Waals surface area contributed by atoms with E-state index in [0.29, 0.717) is 11.4 Å². The van der Waals surface area contributed by atoms with E-state index in [1.54, 1.807) is 30.3 Å². The van der Waals surface area contributed by atoms with Crippen molar-refractivity contribution in [2.75, 3.05) is 18.0 Å². The molecule has 0 unspecified atom stereocenters. The summed E-state index contributed by atoms with van der Waals surface area (Å²) in [7, 11) is 0. The molecule has 0 saturated heterocycles. The molecule has 0 atom stereocenters. The van der Waals surface area contributed by atoms with Crippen LogP contribution in [0.25, 0.3) is 17.8 Å². The quantitative estimate of drug-likeness (QED) is 0.213. The minimum Gasteiger partial charge on any atom is -0.494 e. The Kier molecular flexibility index (Phi) is 7.85. The minimum atomic E-state index is -0.490. The van der Waals surface area contributed by atoms with Gasteiger partial charge in [0, 0.05) is 18.8 Å². The van der Waals surface area contributed by atoms with Gasteiger partial charge in [-0.05, 0) is 92.3 Å². The number of hydrogen-bond acceptors (Lipinski definition) is 5. The maximum Gasteiger partial charge on any atom is 0.263 e. The number of para-hydroxylation sites is 1. The topological polar surface area (TPSA) is 70.5 Å². The monoisotopic (exact) mass is 497 g/mol. The van der Waals surface area contributed by atoms with E-state index in [1.807, 2.05) is 42.5 Å². The lowest BCUT2D eigenvalue weighted by molar-refractivity contribution is 0.431. The number of H-pyrrole nitrogens is 1. The van der Waals surface area contributed by atoms with Gasteiger partial charge in [0.25, 0.3) is 5.56 Å². The third-order valence-corrected chi connectivity index (χ3v) is 5.98. The number of hydrogen-bond donors (Lipinski definition) is 2. The minimum absolute atomic E-state index is 0.0595. The molecule has 0 aliphatic carbocycles. The third-order valence-electron chi connectivity index (χ3n) is 5.69. The first kappa shape index (κ1) is 24.8. The van der Waals surface area contributed by atoms with Crippen molar-refractivity contribution in [1.29, 1.82) is 0 Å². The van der Waals surface area contributed by atoms with Crippen molar-refractivity contribution in [2.24, 2.45) is 0 Å². The van der Waals surface area contributed by atoms with Crippen molar-refractivity contribution in [3.8, 4) is 23.1 Å². The van der Waals surface area contributed by atoms with E-state index >= 15 is 0 Å². The van der Waals surface area contributed by atoms with Crippen LogP contribution < -0.4 is 15.2 Å². The van der Waals surface area contributed by atoms with Gasteiger partial charge in [0.1, 0.15) is 17.1 Å².